The molecule has 0 unspecified atom stereocenters. The Kier molecular flexibility index (Phi) is 5.94. The van der Waals surface area contributed by atoms with Gasteiger partial charge >= 0.3 is 0 Å². The number of amides is 2. The van der Waals surface area contributed by atoms with Gasteiger partial charge in [-0.2, -0.15) is 0 Å². The van der Waals surface area contributed by atoms with E-state index in [4.69, 9.17) is 0 Å². The summed E-state index contributed by atoms with van der Waals surface area (Å²) in [6.45, 7) is 5.63. The van der Waals surface area contributed by atoms with Crippen molar-refractivity contribution in [3.8, 4) is 0 Å². The predicted molar refractivity (Wildman–Crippen MR) is 102 cm³/mol. The molecular formula is C21H26FN3O2. The van der Waals surface area contributed by atoms with E-state index in [9.17, 15) is 14.0 Å². The molecule has 2 aromatic rings. The van der Waals surface area contributed by atoms with E-state index in [1.807, 2.05) is 24.8 Å². The van der Waals surface area contributed by atoms with Crippen molar-refractivity contribution in [2.45, 2.75) is 39.7 Å². The minimum Gasteiger partial charge on any atom is -0.354 e. The van der Waals surface area contributed by atoms with E-state index in [2.05, 4.69) is 10.3 Å². The van der Waals surface area contributed by atoms with Gasteiger partial charge in [0.1, 0.15) is 11.5 Å². The van der Waals surface area contributed by atoms with E-state index in [0.717, 1.165) is 29.7 Å². The number of nitrogens with zero attached hydrogens (tertiary/aromatic N) is 1. The Bertz CT molecular complexity index is 805. The van der Waals surface area contributed by atoms with E-state index >= 15 is 0 Å². The van der Waals surface area contributed by atoms with Gasteiger partial charge in [0.05, 0.1) is 0 Å². The van der Waals surface area contributed by atoms with E-state index in [1.54, 1.807) is 12.1 Å². The van der Waals surface area contributed by atoms with Gasteiger partial charge in [-0.15, -0.1) is 0 Å². The summed E-state index contributed by atoms with van der Waals surface area (Å²) in [6, 6.07) is 8.10. The maximum absolute atomic E-state index is 12.9. The SMILES string of the molecule is Cc1cc(C)c(C(=O)N2CCC(CC(=O)NCc3ccc(F)cc3)CC2)[nH]1. The van der Waals surface area contributed by atoms with Crippen LogP contribution in [0.15, 0.2) is 30.3 Å². The third-order valence-electron chi connectivity index (χ3n) is 5.14. The Morgan fingerprint density at radius 1 is 1.19 bits per heavy atom. The summed E-state index contributed by atoms with van der Waals surface area (Å²) in [4.78, 5) is 29.8. The summed E-state index contributed by atoms with van der Waals surface area (Å²) in [5.41, 5.74) is 3.51. The Hall–Kier alpha value is -2.63. The fourth-order valence-electron chi connectivity index (χ4n) is 3.59. The molecular weight excluding hydrogens is 345 g/mol. The van der Waals surface area contributed by atoms with Gasteiger partial charge in [0.2, 0.25) is 5.91 Å². The molecule has 1 fully saturated rings. The second kappa shape index (κ2) is 8.37. The van der Waals surface area contributed by atoms with Crippen molar-refractivity contribution in [1.82, 2.24) is 15.2 Å². The minimum atomic E-state index is -0.281. The molecule has 2 N–H and O–H groups in total. The van der Waals surface area contributed by atoms with E-state index in [1.165, 1.54) is 12.1 Å². The Balaban J connectivity index is 1.43. The molecule has 0 saturated carbocycles. The van der Waals surface area contributed by atoms with Crippen molar-refractivity contribution in [2.75, 3.05) is 13.1 Å². The zero-order chi connectivity index (χ0) is 19.4. The summed E-state index contributed by atoms with van der Waals surface area (Å²) in [6.07, 6.45) is 2.12. The molecule has 0 bridgehead atoms. The fourth-order valence-corrected chi connectivity index (χ4v) is 3.59. The number of halogens is 1. The quantitative estimate of drug-likeness (QED) is 0.847. The van der Waals surface area contributed by atoms with Crippen molar-refractivity contribution < 1.29 is 14.0 Å². The number of benzene rings is 1. The highest BCUT2D eigenvalue weighted by Crippen LogP contribution is 2.22. The largest absolute Gasteiger partial charge is 0.354 e. The highest BCUT2D eigenvalue weighted by atomic mass is 19.1. The smallest absolute Gasteiger partial charge is 0.270 e. The van der Waals surface area contributed by atoms with Crippen LogP contribution in [0.3, 0.4) is 0 Å². The van der Waals surface area contributed by atoms with Gasteiger partial charge in [0.25, 0.3) is 5.91 Å². The minimum absolute atomic E-state index is 0.0000568. The molecule has 0 spiro atoms. The number of hydrogen-bond acceptors (Lipinski definition) is 2. The van der Waals surface area contributed by atoms with Crippen LogP contribution in [0.2, 0.25) is 0 Å². The average Bonchev–Trinajstić information content (AvgIpc) is 2.99. The van der Waals surface area contributed by atoms with Gasteiger partial charge in [0, 0.05) is 31.7 Å². The number of H-pyrrole nitrogens is 1. The highest BCUT2D eigenvalue weighted by Gasteiger charge is 2.26. The molecule has 1 aliphatic rings. The molecule has 144 valence electrons. The van der Waals surface area contributed by atoms with Crippen molar-refractivity contribution in [3.05, 3.63) is 58.7 Å². The molecule has 3 rings (SSSR count). The number of carbonyl (C=O) groups excluding carboxylic acids is 2. The first-order valence-electron chi connectivity index (χ1n) is 9.39. The van der Waals surface area contributed by atoms with Crippen LogP contribution in [0, 0.1) is 25.6 Å². The molecule has 2 heterocycles. The van der Waals surface area contributed by atoms with Crippen LogP contribution in [-0.2, 0) is 11.3 Å². The second-order valence-electron chi connectivity index (χ2n) is 7.35. The number of aryl methyl sites for hydroxylation is 2. The molecule has 6 heteroatoms. The lowest BCUT2D eigenvalue weighted by Gasteiger charge is -2.31. The Morgan fingerprint density at radius 2 is 1.85 bits per heavy atom. The molecule has 0 aliphatic carbocycles. The van der Waals surface area contributed by atoms with Crippen molar-refractivity contribution in [2.24, 2.45) is 5.92 Å². The number of aromatic nitrogens is 1. The number of likely N-dealkylation sites (tertiary alicyclic amines) is 1. The lowest BCUT2D eigenvalue weighted by Crippen LogP contribution is -2.40. The third-order valence-corrected chi connectivity index (χ3v) is 5.14. The van der Waals surface area contributed by atoms with Crippen LogP contribution in [-0.4, -0.2) is 34.8 Å². The van der Waals surface area contributed by atoms with Crippen molar-refractivity contribution >= 4 is 11.8 Å². The standard InChI is InChI=1S/C21H26FN3O2/c1-14-11-15(2)24-20(14)21(27)25-9-7-16(8-10-25)12-19(26)23-13-17-3-5-18(22)6-4-17/h3-6,11,16,24H,7-10,12-13H2,1-2H3,(H,23,26). The maximum Gasteiger partial charge on any atom is 0.270 e. The van der Waals surface area contributed by atoms with Gasteiger partial charge in [-0.1, -0.05) is 12.1 Å². The predicted octanol–water partition coefficient (Wildman–Crippen LogP) is 3.33. The third kappa shape index (κ3) is 4.96. The van der Waals surface area contributed by atoms with Crippen molar-refractivity contribution in [1.29, 1.82) is 0 Å². The number of rotatable bonds is 5. The molecule has 27 heavy (non-hydrogen) atoms. The number of carbonyl (C=O) groups is 2. The van der Waals surface area contributed by atoms with Crippen LogP contribution >= 0.6 is 0 Å². The molecule has 1 aromatic carbocycles. The second-order valence-corrected chi connectivity index (χ2v) is 7.35. The van der Waals surface area contributed by atoms with Crippen LogP contribution in [0.4, 0.5) is 4.39 Å². The van der Waals surface area contributed by atoms with Gasteiger partial charge in [-0.05, 0) is 61.9 Å². The zero-order valence-corrected chi connectivity index (χ0v) is 15.8. The lowest BCUT2D eigenvalue weighted by atomic mass is 9.93. The summed E-state index contributed by atoms with van der Waals surface area (Å²) in [5, 5.41) is 2.89. The van der Waals surface area contributed by atoms with Crippen LogP contribution in [0.5, 0.6) is 0 Å². The van der Waals surface area contributed by atoms with Gasteiger partial charge in [0.15, 0.2) is 0 Å². The summed E-state index contributed by atoms with van der Waals surface area (Å²) in [5.74, 6) is 0.0459. The number of hydrogen-bond donors (Lipinski definition) is 2. The lowest BCUT2D eigenvalue weighted by molar-refractivity contribution is -0.122. The van der Waals surface area contributed by atoms with Gasteiger partial charge < -0.3 is 15.2 Å². The molecule has 1 aromatic heterocycles. The van der Waals surface area contributed by atoms with E-state index < -0.39 is 0 Å². The first-order chi connectivity index (χ1) is 12.9. The normalized spacial score (nSPS) is 15.0. The number of nitrogens with one attached hydrogen (secondary N) is 2. The highest BCUT2D eigenvalue weighted by molar-refractivity contribution is 5.94. The van der Waals surface area contributed by atoms with Gasteiger partial charge in [-0.25, -0.2) is 4.39 Å². The first-order valence-corrected chi connectivity index (χ1v) is 9.39. The fraction of sp³-hybridized carbons (Fsp3) is 0.429. The summed E-state index contributed by atoms with van der Waals surface area (Å²) >= 11 is 0. The van der Waals surface area contributed by atoms with E-state index in [-0.39, 0.29) is 23.5 Å². The van der Waals surface area contributed by atoms with Crippen molar-refractivity contribution in [3.63, 3.8) is 0 Å². The maximum atomic E-state index is 12.9. The summed E-state index contributed by atoms with van der Waals surface area (Å²) in [7, 11) is 0. The zero-order valence-electron chi connectivity index (χ0n) is 15.8. The average molecular weight is 371 g/mol. The van der Waals surface area contributed by atoms with Crippen LogP contribution in [0.25, 0.3) is 0 Å². The topological polar surface area (TPSA) is 65.2 Å². The molecule has 1 saturated heterocycles. The molecule has 0 radical (unpaired) electrons. The molecule has 2 amide bonds. The molecule has 1 aliphatic heterocycles. The number of piperidine rings is 1. The van der Waals surface area contributed by atoms with Crippen LogP contribution < -0.4 is 5.32 Å². The molecule has 5 nitrogen and oxygen atoms in total. The van der Waals surface area contributed by atoms with E-state index in [0.29, 0.717) is 31.7 Å². The van der Waals surface area contributed by atoms with Gasteiger partial charge in [-0.3, -0.25) is 9.59 Å². The molecule has 0 atom stereocenters. The Morgan fingerprint density at radius 3 is 2.44 bits per heavy atom. The van der Waals surface area contributed by atoms with Crippen LogP contribution in [0.1, 0.15) is 46.6 Å². The first kappa shape index (κ1) is 19.1. The summed E-state index contributed by atoms with van der Waals surface area (Å²) < 4.78 is 12.9. The monoisotopic (exact) mass is 371 g/mol. The number of aromatic amines is 1. The Labute approximate surface area is 159 Å².